The van der Waals surface area contributed by atoms with Gasteiger partial charge in [-0.25, -0.2) is 0 Å². The lowest BCUT2D eigenvalue weighted by Crippen LogP contribution is -2.57. The second-order valence-electron chi connectivity index (χ2n) is 5.88. The van der Waals surface area contributed by atoms with Crippen LogP contribution in [0.2, 0.25) is 0 Å². The zero-order valence-corrected chi connectivity index (χ0v) is 11.3. The fraction of sp³-hybridized carbons (Fsp3) is 1.00. The second kappa shape index (κ2) is 5.45. The van der Waals surface area contributed by atoms with Gasteiger partial charge in [-0.05, 0) is 25.9 Å². The molecule has 0 aromatic rings. The SMILES string of the molecule is CN[C@H](CN1CCCN(C)C1O)C(C)(C)C. The van der Waals surface area contributed by atoms with Crippen molar-refractivity contribution in [3.63, 3.8) is 0 Å². The van der Waals surface area contributed by atoms with E-state index in [-0.39, 0.29) is 5.41 Å². The van der Waals surface area contributed by atoms with Gasteiger partial charge in [-0.1, -0.05) is 20.8 Å². The van der Waals surface area contributed by atoms with E-state index in [9.17, 15) is 5.11 Å². The molecule has 0 aliphatic carbocycles. The van der Waals surface area contributed by atoms with Gasteiger partial charge in [0.05, 0.1) is 0 Å². The average molecular weight is 229 g/mol. The van der Waals surface area contributed by atoms with Crippen LogP contribution in [0.1, 0.15) is 27.2 Å². The highest BCUT2D eigenvalue weighted by atomic mass is 16.3. The Morgan fingerprint density at radius 1 is 1.38 bits per heavy atom. The number of hydrogen-bond acceptors (Lipinski definition) is 4. The van der Waals surface area contributed by atoms with Gasteiger partial charge >= 0.3 is 0 Å². The summed E-state index contributed by atoms with van der Waals surface area (Å²) < 4.78 is 0. The first-order chi connectivity index (χ1) is 7.36. The van der Waals surface area contributed by atoms with Gasteiger partial charge in [-0.2, -0.15) is 0 Å². The van der Waals surface area contributed by atoms with E-state index in [2.05, 4.69) is 31.0 Å². The summed E-state index contributed by atoms with van der Waals surface area (Å²) in [7, 11) is 3.97. The summed E-state index contributed by atoms with van der Waals surface area (Å²) in [5.74, 6) is 0. The van der Waals surface area contributed by atoms with Gasteiger partial charge in [0.1, 0.15) is 0 Å². The summed E-state index contributed by atoms with van der Waals surface area (Å²) >= 11 is 0. The molecule has 0 bridgehead atoms. The van der Waals surface area contributed by atoms with Crippen LogP contribution in [-0.4, -0.2) is 61.0 Å². The maximum absolute atomic E-state index is 10.1. The van der Waals surface area contributed by atoms with Gasteiger partial charge in [-0.3, -0.25) is 9.80 Å². The van der Waals surface area contributed by atoms with Gasteiger partial charge in [0.15, 0.2) is 6.35 Å². The molecule has 1 saturated heterocycles. The molecule has 1 aliphatic heterocycles. The van der Waals surface area contributed by atoms with Crippen molar-refractivity contribution in [3.8, 4) is 0 Å². The van der Waals surface area contributed by atoms with Gasteiger partial charge in [-0.15, -0.1) is 0 Å². The van der Waals surface area contributed by atoms with Crippen molar-refractivity contribution in [1.29, 1.82) is 0 Å². The number of rotatable bonds is 3. The van der Waals surface area contributed by atoms with E-state index in [1.54, 1.807) is 0 Å². The third kappa shape index (κ3) is 3.42. The van der Waals surface area contributed by atoms with Crippen molar-refractivity contribution in [2.75, 3.05) is 33.7 Å². The molecule has 2 atom stereocenters. The lowest BCUT2D eigenvalue weighted by Gasteiger charge is -2.42. The summed E-state index contributed by atoms with van der Waals surface area (Å²) in [5, 5.41) is 13.4. The van der Waals surface area contributed by atoms with Crippen LogP contribution >= 0.6 is 0 Å². The molecule has 1 heterocycles. The van der Waals surface area contributed by atoms with E-state index in [0.29, 0.717) is 6.04 Å². The van der Waals surface area contributed by atoms with Crippen LogP contribution in [0, 0.1) is 5.41 Å². The van der Waals surface area contributed by atoms with Gasteiger partial charge in [0, 0.05) is 25.7 Å². The highest BCUT2D eigenvalue weighted by molar-refractivity contribution is 4.84. The molecule has 1 rings (SSSR count). The van der Waals surface area contributed by atoms with Crippen LogP contribution in [0.4, 0.5) is 0 Å². The van der Waals surface area contributed by atoms with Crippen molar-refractivity contribution in [2.45, 2.75) is 39.6 Å². The highest BCUT2D eigenvalue weighted by Crippen LogP contribution is 2.21. The number of nitrogens with zero attached hydrogens (tertiary/aromatic N) is 2. The van der Waals surface area contributed by atoms with E-state index >= 15 is 0 Å². The molecular formula is C12H27N3O. The minimum absolute atomic E-state index is 0.213. The fourth-order valence-electron chi connectivity index (χ4n) is 2.25. The van der Waals surface area contributed by atoms with Crippen molar-refractivity contribution in [2.24, 2.45) is 5.41 Å². The third-order valence-electron chi connectivity index (χ3n) is 3.49. The number of likely N-dealkylation sites (N-methyl/N-ethyl adjacent to an activating group) is 1. The van der Waals surface area contributed by atoms with E-state index in [1.165, 1.54) is 0 Å². The largest absolute Gasteiger partial charge is 0.365 e. The minimum Gasteiger partial charge on any atom is -0.365 e. The van der Waals surface area contributed by atoms with E-state index in [0.717, 1.165) is 26.1 Å². The average Bonchev–Trinajstić information content (AvgIpc) is 2.18. The Morgan fingerprint density at radius 3 is 2.50 bits per heavy atom. The van der Waals surface area contributed by atoms with Crippen LogP contribution in [0.5, 0.6) is 0 Å². The van der Waals surface area contributed by atoms with Crippen molar-refractivity contribution >= 4 is 0 Å². The molecule has 4 nitrogen and oxygen atoms in total. The van der Waals surface area contributed by atoms with Crippen LogP contribution in [-0.2, 0) is 0 Å². The van der Waals surface area contributed by atoms with Crippen LogP contribution in [0.15, 0.2) is 0 Å². The topological polar surface area (TPSA) is 38.7 Å². The van der Waals surface area contributed by atoms with Crippen LogP contribution < -0.4 is 5.32 Å². The predicted molar refractivity (Wildman–Crippen MR) is 67.1 cm³/mol. The highest BCUT2D eigenvalue weighted by Gasteiger charge is 2.30. The van der Waals surface area contributed by atoms with Crippen molar-refractivity contribution in [3.05, 3.63) is 0 Å². The zero-order valence-electron chi connectivity index (χ0n) is 11.3. The number of aliphatic hydroxyl groups excluding tert-OH is 1. The molecule has 96 valence electrons. The molecule has 0 saturated carbocycles. The zero-order chi connectivity index (χ0) is 12.3. The van der Waals surface area contributed by atoms with E-state index in [4.69, 9.17) is 0 Å². The maximum atomic E-state index is 10.1. The molecular weight excluding hydrogens is 202 g/mol. The minimum atomic E-state index is -0.424. The first-order valence-electron chi connectivity index (χ1n) is 6.16. The Balaban J connectivity index is 2.57. The van der Waals surface area contributed by atoms with Gasteiger partial charge in [0.2, 0.25) is 0 Å². The van der Waals surface area contributed by atoms with Gasteiger partial charge in [0.25, 0.3) is 0 Å². The fourth-order valence-corrected chi connectivity index (χ4v) is 2.25. The Bertz CT molecular complexity index is 215. The Hall–Kier alpha value is -0.160. The summed E-state index contributed by atoms with van der Waals surface area (Å²) in [6, 6.07) is 0.397. The summed E-state index contributed by atoms with van der Waals surface area (Å²) in [6.07, 6.45) is 0.709. The molecule has 1 unspecified atom stereocenters. The predicted octanol–water partition coefficient (Wildman–Crippen LogP) is 0.534. The molecule has 0 amide bonds. The second-order valence-corrected chi connectivity index (χ2v) is 5.88. The summed E-state index contributed by atoms with van der Waals surface area (Å²) in [5.41, 5.74) is 0.213. The molecule has 1 aliphatic rings. The first-order valence-corrected chi connectivity index (χ1v) is 6.16. The molecule has 0 radical (unpaired) electrons. The molecule has 0 spiro atoms. The summed E-state index contributed by atoms with van der Waals surface area (Å²) in [6.45, 7) is 9.55. The molecule has 2 N–H and O–H groups in total. The summed E-state index contributed by atoms with van der Waals surface area (Å²) in [4.78, 5) is 4.15. The smallest absolute Gasteiger partial charge is 0.165 e. The van der Waals surface area contributed by atoms with Crippen LogP contribution in [0.25, 0.3) is 0 Å². The first kappa shape index (κ1) is 13.9. The van der Waals surface area contributed by atoms with Crippen molar-refractivity contribution < 1.29 is 5.11 Å². The molecule has 0 aromatic carbocycles. The number of nitrogens with one attached hydrogen (secondary N) is 1. The monoisotopic (exact) mass is 229 g/mol. The molecule has 1 fully saturated rings. The van der Waals surface area contributed by atoms with E-state index in [1.807, 2.05) is 19.0 Å². The normalized spacial score (nSPS) is 27.0. The van der Waals surface area contributed by atoms with E-state index < -0.39 is 6.35 Å². The Morgan fingerprint density at radius 2 is 2.00 bits per heavy atom. The molecule has 16 heavy (non-hydrogen) atoms. The molecule has 4 heteroatoms. The van der Waals surface area contributed by atoms with Crippen molar-refractivity contribution in [1.82, 2.24) is 15.1 Å². The number of aliphatic hydroxyl groups is 1. The Labute approximate surface area is 99.6 Å². The molecule has 0 aromatic heterocycles. The standard InChI is InChI=1S/C12H27N3O/c1-12(2,3)10(13-4)9-15-8-6-7-14(5)11(15)16/h10-11,13,16H,6-9H2,1-5H3/t10-,11?/m1/s1. The lowest BCUT2D eigenvalue weighted by molar-refractivity contribution is -0.129. The van der Waals surface area contributed by atoms with Gasteiger partial charge < -0.3 is 10.4 Å². The quantitative estimate of drug-likeness (QED) is 0.741. The third-order valence-corrected chi connectivity index (χ3v) is 3.49. The maximum Gasteiger partial charge on any atom is 0.165 e. The lowest BCUT2D eigenvalue weighted by atomic mass is 9.86. The Kier molecular flexibility index (Phi) is 4.73. The number of hydrogen-bond donors (Lipinski definition) is 2. The van der Waals surface area contributed by atoms with Crippen LogP contribution in [0.3, 0.4) is 0 Å².